The summed E-state index contributed by atoms with van der Waals surface area (Å²) in [5, 5.41) is 9.47. The highest BCUT2D eigenvalue weighted by atomic mass is 19.1. The average Bonchev–Trinajstić information content (AvgIpc) is 1.97. The van der Waals surface area contributed by atoms with Crippen molar-refractivity contribution in [2.75, 3.05) is 0 Å². The van der Waals surface area contributed by atoms with Gasteiger partial charge in [0.1, 0.15) is 5.76 Å². The molecule has 0 saturated carbocycles. The van der Waals surface area contributed by atoms with Crippen molar-refractivity contribution in [1.29, 1.82) is 0 Å². The maximum absolute atomic E-state index is 13.5. The van der Waals surface area contributed by atoms with Crippen LogP contribution >= 0.6 is 0 Å². The molecule has 82 valence electrons. The summed E-state index contributed by atoms with van der Waals surface area (Å²) in [6, 6.07) is 0. The van der Waals surface area contributed by atoms with E-state index < -0.39 is 28.2 Å². The van der Waals surface area contributed by atoms with Gasteiger partial charge in [-0.25, -0.2) is 0 Å². The Hall–Kier alpha value is -0.860. The number of aliphatic hydroxyl groups is 1. The van der Waals surface area contributed by atoms with Crippen LogP contribution in [-0.4, -0.2) is 10.9 Å². The van der Waals surface area contributed by atoms with Crippen LogP contribution in [0.2, 0.25) is 0 Å². The lowest BCUT2D eigenvalue weighted by molar-refractivity contribution is -0.124. The second kappa shape index (κ2) is 3.71. The molecule has 0 aromatic carbocycles. The number of carbonyl (C=O) groups excluding carboxylic acids is 1. The smallest absolute Gasteiger partial charge is 0.204 e. The molecule has 0 rings (SSSR count). The number of carbonyl (C=O) groups is 1. The van der Waals surface area contributed by atoms with E-state index in [2.05, 4.69) is 0 Å². The van der Waals surface area contributed by atoms with Crippen LogP contribution in [-0.2, 0) is 4.79 Å². The average molecular weight is 202 g/mol. The highest BCUT2D eigenvalue weighted by Gasteiger charge is 2.31. The summed E-state index contributed by atoms with van der Waals surface area (Å²) in [5.74, 6) is -2.16. The van der Waals surface area contributed by atoms with Gasteiger partial charge in [0.15, 0.2) is 5.78 Å². The number of allylic oxidation sites excluding steroid dienone is 2. The summed E-state index contributed by atoms with van der Waals surface area (Å²) < 4.78 is 13.5. The summed E-state index contributed by atoms with van der Waals surface area (Å²) in [4.78, 5) is 11.5. The Morgan fingerprint density at radius 1 is 1.00 bits per heavy atom. The summed E-state index contributed by atoms with van der Waals surface area (Å²) in [6.45, 7) is 9.80. The number of hydrogen-bond donors (Lipinski definition) is 1. The van der Waals surface area contributed by atoms with E-state index in [4.69, 9.17) is 0 Å². The second-order valence-corrected chi connectivity index (χ2v) is 5.49. The van der Waals surface area contributed by atoms with Gasteiger partial charge in [0.25, 0.3) is 0 Å². The van der Waals surface area contributed by atoms with Gasteiger partial charge in [-0.05, 0) is 0 Å². The largest absolute Gasteiger partial charge is 0.509 e. The SMILES string of the molecule is CC(C)(C)C(=O)/C(F)=C(\O)C(C)(C)C. The molecular weight excluding hydrogens is 183 g/mol. The van der Waals surface area contributed by atoms with Crippen molar-refractivity contribution in [1.82, 2.24) is 0 Å². The van der Waals surface area contributed by atoms with E-state index in [1.54, 1.807) is 41.5 Å². The van der Waals surface area contributed by atoms with E-state index in [1.807, 2.05) is 0 Å². The minimum absolute atomic E-state index is 0.475. The molecule has 0 aromatic rings. The number of hydrogen-bond acceptors (Lipinski definition) is 2. The molecule has 0 aliphatic carbocycles. The van der Waals surface area contributed by atoms with Crippen molar-refractivity contribution < 1.29 is 14.3 Å². The molecule has 0 aliphatic rings. The topological polar surface area (TPSA) is 37.3 Å². The standard InChI is InChI=1S/C11H19FO2/c1-10(2,3)8(13)7(12)9(14)11(4,5)6/h13H,1-6H3/b8-7+. The first kappa shape index (κ1) is 13.1. The molecule has 0 radical (unpaired) electrons. The lowest BCUT2D eigenvalue weighted by Crippen LogP contribution is -2.24. The number of rotatable bonds is 1. The molecule has 0 bridgehead atoms. The van der Waals surface area contributed by atoms with Crippen LogP contribution in [0.4, 0.5) is 4.39 Å². The van der Waals surface area contributed by atoms with Crippen LogP contribution in [0.5, 0.6) is 0 Å². The van der Waals surface area contributed by atoms with Crippen LogP contribution in [0.15, 0.2) is 11.6 Å². The third-order valence-electron chi connectivity index (χ3n) is 1.80. The molecule has 1 N–H and O–H groups in total. The fourth-order valence-electron chi connectivity index (χ4n) is 0.766. The molecular formula is C11H19FO2. The van der Waals surface area contributed by atoms with Gasteiger partial charge >= 0.3 is 0 Å². The Labute approximate surface area is 84.8 Å². The molecule has 0 aromatic heterocycles. The van der Waals surface area contributed by atoms with Crippen molar-refractivity contribution in [2.24, 2.45) is 10.8 Å². The maximum atomic E-state index is 13.5. The monoisotopic (exact) mass is 202 g/mol. The van der Waals surface area contributed by atoms with Crippen molar-refractivity contribution in [3.05, 3.63) is 11.6 Å². The number of ketones is 1. The van der Waals surface area contributed by atoms with Crippen LogP contribution in [0.25, 0.3) is 0 Å². The number of halogens is 1. The molecule has 0 aliphatic heterocycles. The Kier molecular flexibility index (Phi) is 3.49. The van der Waals surface area contributed by atoms with E-state index in [9.17, 15) is 14.3 Å². The van der Waals surface area contributed by atoms with E-state index >= 15 is 0 Å². The Morgan fingerprint density at radius 3 is 1.57 bits per heavy atom. The van der Waals surface area contributed by atoms with Gasteiger partial charge in [-0.2, -0.15) is 4.39 Å². The number of Topliss-reactive ketones (excluding diaryl/α,β-unsaturated/α-hetero) is 1. The van der Waals surface area contributed by atoms with Crippen LogP contribution in [0.3, 0.4) is 0 Å². The van der Waals surface area contributed by atoms with Crippen molar-refractivity contribution >= 4 is 5.78 Å². The fraction of sp³-hybridized carbons (Fsp3) is 0.727. The van der Waals surface area contributed by atoms with Crippen molar-refractivity contribution in [3.63, 3.8) is 0 Å². The first-order chi connectivity index (χ1) is 5.98. The zero-order chi connectivity index (χ0) is 11.7. The Balaban J connectivity index is 5.14. The molecule has 3 heteroatoms. The van der Waals surface area contributed by atoms with Gasteiger partial charge in [-0.1, -0.05) is 41.5 Å². The predicted molar refractivity (Wildman–Crippen MR) is 54.7 cm³/mol. The van der Waals surface area contributed by atoms with Crippen LogP contribution in [0.1, 0.15) is 41.5 Å². The van der Waals surface area contributed by atoms with Gasteiger partial charge in [0, 0.05) is 10.8 Å². The summed E-state index contributed by atoms with van der Waals surface area (Å²) in [5.41, 5.74) is -1.53. The first-order valence-corrected chi connectivity index (χ1v) is 4.62. The normalized spacial score (nSPS) is 15.1. The Morgan fingerprint density at radius 2 is 1.36 bits per heavy atom. The molecule has 0 heterocycles. The minimum Gasteiger partial charge on any atom is -0.509 e. The third-order valence-corrected chi connectivity index (χ3v) is 1.80. The minimum atomic E-state index is -1.02. The lowest BCUT2D eigenvalue weighted by Gasteiger charge is -2.21. The van der Waals surface area contributed by atoms with Gasteiger partial charge in [-0.15, -0.1) is 0 Å². The van der Waals surface area contributed by atoms with Crippen molar-refractivity contribution in [2.45, 2.75) is 41.5 Å². The van der Waals surface area contributed by atoms with Gasteiger partial charge in [0.2, 0.25) is 5.83 Å². The van der Waals surface area contributed by atoms with Gasteiger partial charge in [0.05, 0.1) is 0 Å². The maximum Gasteiger partial charge on any atom is 0.204 e. The molecule has 2 nitrogen and oxygen atoms in total. The molecule has 0 spiro atoms. The quantitative estimate of drug-likeness (QED) is 0.522. The van der Waals surface area contributed by atoms with E-state index in [1.165, 1.54) is 0 Å². The molecule has 0 atom stereocenters. The van der Waals surface area contributed by atoms with E-state index in [0.29, 0.717) is 0 Å². The number of aliphatic hydroxyl groups excluding tert-OH is 1. The van der Waals surface area contributed by atoms with Crippen molar-refractivity contribution in [3.8, 4) is 0 Å². The first-order valence-electron chi connectivity index (χ1n) is 4.62. The highest BCUT2D eigenvalue weighted by Crippen LogP contribution is 2.30. The molecule has 0 saturated heterocycles. The molecule has 14 heavy (non-hydrogen) atoms. The van der Waals surface area contributed by atoms with Gasteiger partial charge < -0.3 is 5.11 Å². The van der Waals surface area contributed by atoms with E-state index in [-0.39, 0.29) is 0 Å². The van der Waals surface area contributed by atoms with Crippen LogP contribution in [0, 0.1) is 10.8 Å². The van der Waals surface area contributed by atoms with E-state index in [0.717, 1.165) is 0 Å². The zero-order valence-electron chi connectivity index (χ0n) is 9.73. The molecule has 0 unspecified atom stereocenters. The summed E-state index contributed by atoms with van der Waals surface area (Å²) in [6.07, 6.45) is 0. The third kappa shape index (κ3) is 3.13. The second-order valence-electron chi connectivity index (χ2n) is 5.49. The van der Waals surface area contributed by atoms with Crippen LogP contribution < -0.4 is 0 Å². The summed E-state index contributed by atoms with van der Waals surface area (Å²) >= 11 is 0. The lowest BCUT2D eigenvalue weighted by atomic mass is 9.86. The predicted octanol–water partition coefficient (Wildman–Crippen LogP) is 3.39. The highest BCUT2D eigenvalue weighted by molar-refractivity contribution is 5.97. The van der Waals surface area contributed by atoms with Gasteiger partial charge in [-0.3, -0.25) is 4.79 Å². The fourth-order valence-corrected chi connectivity index (χ4v) is 0.766. The zero-order valence-corrected chi connectivity index (χ0v) is 9.73. The molecule has 0 fully saturated rings. The summed E-state index contributed by atoms with van der Waals surface area (Å²) in [7, 11) is 0. The Bertz CT molecular complexity index is 264. The molecule has 0 amide bonds.